The van der Waals surface area contributed by atoms with Gasteiger partial charge in [0, 0.05) is 43.3 Å². The molecule has 3 N–H and O–H groups in total. The van der Waals surface area contributed by atoms with E-state index < -0.39 is 6.04 Å². The van der Waals surface area contributed by atoms with Gasteiger partial charge in [0.2, 0.25) is 5.91 Å². The molecule has 0 spiro atoms. The number of aryl methyl sites for hydroxylation is 1. The third kappa shape index (κ3) is 4.97. The number of hydrogen-bond donors (Lipinski definition) is 3. The summed E-state index contributed by atoms with van der Waals surface area (Å²) < 4.78 is 0. The van der Waals surface area contributed by atoms with E-state index >= 15 is 0 Å². The van der Waals surface area contributed by atoms with Crippen LogP contribution in [0.5, 0.6) is 0 Å². The molecule has 1 unspecified atom stereocenters. The van der Waals surface area contributed by atoms with Crippen LogP contribution in [0.3, 0.4) is 0 Å². The van der Waals surface area contributed by atoms with Gasteiger partial charge in [0.25, 0.3) is 0 Å². The molecule has 2 bridgehead atoms. The molecule has 2 aliphatic heterocycles. The fourth-order valence-corrected chi connectivity index (χ4v) is 4.88. The van der Waals surface area contributed by atoms with Crippen molar-refractivity contribution >= 4 is 34.3 Å². The summed E-state index contributed by atoms with van der Waals surface area (Å²) >= 11 is 0. The van der Waals surface area contributed by atoms with Crippen LogP contribution in [0, 0.1) is 12.8 Å². The van der Waals surface area contributed by atoms with Crippen molar-refractivity contribution < 1.29 is 9.59 Å². The lowest BCUT2D eigenvalue weighted by Gasteiger charge is -2.41. The highest BCUT2D eigenvalue weighted by Gasteiger charge is 2.33. The Morgan fingerprint density at radius 2 is 1.86 bits per heavy atom. The summed E-state index contributed by atoms with van der Waals surface area (Å²) in [6, 6.07) is 15.0. The minimum atomic E-state index is -0.438. The molecule has 188 valence electrons. The molecule has 1 fully saturated rings. The maximum atomic E-state index is 13.3. The number of urea groups is 1. The minimum Gasteiger partial charge on any atom is -0.358 e. The summed E-state index contributed by atoms with van der Waals surface area (Å²) in [5, 5.41) is 10.5. The van der Waals surface area contributed by atoms with Gasteiger partial charge in [0.1, 0.15) is 17.7 Å². The van der Waals surface area contributed by atoms with Gasteiger partial charge >= 0.3 is 6.03 Å². The van der Waals surface area contributed by atoms with Crippen LogP contribution in [0.25, 0.3) is 10.9 Å². The highest BCUT2D eigenvalue weighted by Crippen LogP contribution is 2.24. The second kappa shape index (κ2) is 10.1. The molecule has 3 aromatic rings. The highest BCUT2D eigenvalue weighted by atomic mass is 16.2. The molecule has 3 amide bonds. The van der Waals surface area contributed by atoms with Crippen LogP contribution in [0.4, 0.5) is 16.3 Å². The van der Waals surface area contributed by atoms with Gasteiger partial charge in [0.05, 0.1) is 12.1 Å². The molecule has 2 aliphatic rings. The molecule has 1 aromatic heterocycles. The summed E-state index contributed by atoms with van der Waals surface area (Å²) in [6.07, 6.45) is 0. The van der Waals surface area contributed by atoms with Gasteiger partial charge in [0.15, 0.2) is 0 Å². The van der Waals surface area contributed by atoms with E-state index in [4.69, 9.17) is 9.97 Å². The van der Waals surface area contributed by atoms with Crippen molar-refractivity contribution in [3.05, 3.63) is 59.9 Å². The Bertz CT molecular complexity index is 1280. The first-order valence-corrected chi connectivity index (χ1v) is 12.5. The first-order valence-electron chi connectivity index (χ1n) is 12.5. The number of carbonyl (C=O) groups is 2. The molecule has 3 heterocycles. The SMILES string of the molecule is Cc1ccccc1NC(=O)N1CCN2Cc3nc(c4ccccc4n3)N[C@@H](C(C)C)C(=O)NCC2C1. The monoisotopic (exact) mass is 487 g/mol. The Labute approximate surface area is 211 Å². The minimum absolute atomic E-state index is 0.0572. The first-order chi connectivity index (χ1) is 17.4. The molecule has 1 saturated heterocycles. The van der Waals surface area contributed by atoms with E-state index in [1.807, 2.05) is 74.2 Å². The molecule has 0 aliphatic carbocycles. The van der Waals surface area contributed by atoms with Gasteiger partial charge in [-0.15, -0.1) is 0 Å². The van der Waals surface area contributed by atoms with Crippen molar-refractivity contribution in [2.75, 3.05) is 36.8 Å². The zero-order valence-electron chi connectivity index (χ0n) is 21.0. The number of aromatic nitrogens is 2. The number of benzene rings is 2. The van der Waals surface area contributed by atoms with Crippen LogP contribution in [0.1, 0.15) is 25.2 Å². The Balaban J connectivity index is 1.42. The molecule has 0 saturated carbocycles. The number of fused-ring (bicyclic) bond motifs is 5. The normalized spacial score (nSPS) is 20.8. The maximum absolute atomic E-state index is 13.3. The van der Waals surface area contributed by atoms with Gasteiger partial charge in [-0.25, -0.2) is 14.8 Å². The Morgan fingerprint density at radius 1 is 1.08 bits per heavy atom. The van der Waals surface area contributed by atoms with Crippen LogP contribution in [0.2, 0.25) is 0 Å². The second-order valence-corrected chi connectivity index (χ2v) is 9.93. The van der Waals surface area contributed by atoms with E-state index in [0.29, 0.717) is 44.4 Å². The smallest absolute Gasteiger partial charge is 0.321 e. The molecule has 2 aromatic carbocycles. The Hall–Kier alpha value is -3.72. The van der Waals surface area contributed by atoms with E-state index in [9.17, 15) is 9.59 Å². The number of piperazine rings is 1. The van der Waals surface area contributed by atoms with Crippen molar-refractivity contribution in [1.82, 2.24) is 25.1 Å². The molecule has 9 nitrogen and oxygen atoms in total. The Kier molecular flexibility index (Phi) is 6.73. The first kappa shape index (κ1) is 24.0. The molecule has 0 radical (unpaired) electrons. The number of nitrogens with one attached hydrogen (secondary N) is 3. The largest absolute Gasteiger partial charge is 0.358 e. The zero-order chi connectivity index (χ0) is 25.2. The molecule has 2 atom stereocenters. The summed E-state index contributed by atoms with van der Waals surface area (Å²) in [7, 11) is 0. The zero-order valence-corrected chi connectivity index (χ0v) is 21.0. The fourth-order valence-electron chi connectivity index (χ4n) is 4.88. The number of hydrogen-bond acceptors (Lipinski definition) is 6. The maximum Gasteiger partial charge on any atom is 0.321 e. The Morgan fingerprint density at radius 3 is 2.67 bits per heavy atom. The number of rotatable bonds is 2. The lowest BCUT2D eigenvalue weighted by atomic mass is 10.0. The van der Waals surface area contributed by atoms with Gasteiger partial charge in [-0.3, -0.25) is 9.69 Å². The van der Waals surface area contributed by atoms with Gasteiger partial charge in [-0.2, -0.15) is 0 Å². The number of carbonyl (C=O) groups excluding carboxylic acids is 2. The third-order valence-corrected chi connectivity index (χ3v) is 7.03. The van der Waals surface area contributed by atoms with Crippen molar-refractivity contribution in [2.24, 2.45) is 5.92 Å². The van der Waals surface area contributed by atoms with Crippen LogP contribution < -0.4 is 16.0 Å². The standard InChI is InChI=1S/C27H33N7O2/c1-17(2)24-26(35)28-14-19-15-34(27(36)30-21-10-6-4-8-18(21)3)13-12-33(19)16-23-29-22-11-7-5-9-20(22)25(31-23)32-24/h4-11,17,19,24H,12-16H2,1-3H3,(H,28,35)(H,30,36)(H,29,31,32)/t19?,24-/m0/s1. The number of anilines is 2. The average Bonchev–Trinajstić information content (AvgIpc) is 2.89. The van der Waals surface area contributed by atoms with E-state index in [-0.39, 0.29) is 23.9 Å². The quantitative estimate of drug-likeness (QED) is 0.513. The van der Waals surface area contributed by atoms with Crippen LogP contribution in [0.15, 0.2) is 48.5 Å². The molecule has 36 heavy (non-hydrogen) atoms. The fraction of sp³-hybridized carbons (Fsp3) is 0.407. The van der Waals surface area contributed by atoms with Crippen molar-refractivity contribution in [2.45, 2.75) is 39.4 Å². The summed E-state index contributed by atoms with van der Waals surface area (Å²) in [5.41, 5.74) is 2.67. The predicted molar refractivity (Wildman–Crippen MR) is 141 cm³/mol. The molecular formula is C27H33N7O2. The predicted octanol–water partition coefficient (Wildman–Crippen LogP) is 3.22. The lowest BCUT2D eigenvalue weighted by molar-refractivity contribution is -0.123. The van der Waals surface area contributed by atoms with Crippen molar-refractivity contribution in [3.8, 4) is 0 Å². The van der Waals surface area contributed by atoms with E-state index in [1.54, 1.807) is 0 Å². The topological polar surface area (TPSA) is 102 Å². The number of amides is 3. The van der Waals surface area contributed by atoms with Crippen molar-refractivity contribution in [3.63, 3.8) is 0 Å². The average molecular weight is 488 g/mol. The molecular weight excluding hydrogens is 454 g/mol. The third-order valence-electron chi connectivity index (χ3n) is 7.03. The number of nitrogens with zero attached hydrogens (tertiary/aromatic N) is 4. The van der Waals surface area contributed by atoms with Crippen LogP contribution in [-0.4, -0.2) is 70.0 Å². The summed E-state index contributed by atoms with van der Waals surface area (Å²) in [6.45, 7) is 8.73. The van der Waals surface area contributed by atoms with Gasteiger partial charge in [-0.1, -0.05) is 44.2 Å². The molecule has 5 rings (SSSR count). The van der Waals surface area contributed by atoms with Crippen LogP contribution in [-0.2, 0) is 11.3 Å². The van der Waals surface area contributed by atoms with E-state index in [2.05, 4.69) is 20.9 Å². The number of para-hydroxylation sites is 2. The summed E-state index contributed by atoms with van der Waals surface area (Å²) in [4.78, 5) is 40.1. The van der Waals surface area contributed by atoms with Gasteiger partial charge < -0.3 is 20.9 Å². The molecule has 9 heteroatoms. The van der Waals surface area contributed by atoms with Crippen molar-refractivity contribution in [1.29, 1.82) is 0 Å². The second-order valence-electron chi connectivity index (χ2n) is 9.93. The van der Waals surface area contributed by atoms with E-state index in [0.717, 1.165) is 22.2 Å². The highest BCUT2D eigenvalue weighted by molar-refractivity contribution is 5.92. The van der Waals surface area contributed by atoms with Gasteiger partial charge in [-0.05, 0) is 36.6 Å². The van der Waals surface area contributed by atoms with Crippen LogP contribution >= 0.6 is 0 Å². The summed E-state index contributed by atoms with van der Waals surface area (Å²) in [5.74, 6) is 1.37. The lowest BCUT2D eigenvalue weighted by Crippen LogP contribution is -2.59. The van der Waals surface area contributed by atoms with E-state index in [1.165, 1.54) is 0 Å².